The number of nitrogens with one attached hydrogen (secondary N) is 1. The summed E-state index contributed by atoms with van der Waals surface area (Å²) in [6.07, 6.45) is 0. The smallest absolute Gasteiger partial charge is 0.140 e. The number of anilines is 1. The lowest BCUT2D eigenvalue weighted by atomic mass is 10.3. The number of nitrogens with two attached hydrogens (primary N) is 1. The van der Waals surface area contributed by atoms with Gasteiger partial charge in [0.05, 0.1) is 5.69 Å². The van der Waals surface area contributed by atoms with Crippen molar-refractivity contribution < 1.29 is 0 Å². The number of likely N-dealkylation sites (N-methyl/N-ethyl adjacent to an activating group) is 2. The van der Waals surface area contributed by atoms with E-state index >= 15 is 0 Å². The summed E-state index contributed by atoms with van der Waals surface area (Å²) in [4.78, 5) is 8.77. The number of aromatic nitrogens is 1. The Morgan fingerprint density at radius 2 is 2.00 bits per heavy atom. The van der Waals surface area contributed by atoms with Gasteiger partial charge < -0.3 is 10.3 Å². The van der Waals surface area contributed by atoms with Crippen LogP contribution in [0.2, 0.25) is 0 Å². The molecular weight excluding hydrogens is 202 g/mol. The number of rotatable bonds is 6. The van der Waals surface area contributed by atoms with E-state index in [2.05, 4.69) is 41.4 Å². The van der Waals surface area contributed by atoms with E-state index in [0.29, 0.717) is 5.82 Å². The monoisotopic (exact) mass is 223 g/mol. The minimum absolute atomic E-state index is 0.707. The molecule has 1 heterocycles. The van der Waals surface area contributed by atoms with Crippen molar-refractivity contribution in [3.05, 3.63) is 23.9 Å². The summed E-state index contributed by atoms with van der Waals surface area (Å²) in [7, 11) is 6.24. The first-order valence-electron chi connectivity index (χ1n) is 5.37. The standard InChI is InChI=1S/C11H21N5/c1-15(2)7-8-16(3)9-10-5-4-6-11(13-10)14-12/h4-6H,7-9,12H2,1-3H3,(H,13,14). The van der Waals surface area contributed by atoms with E-state index in [0.717, 1.165) is 25.3 Å². The van der Waals surface area contributed by atoms with Gasteiger partial charge in [-0.1, -0.05) is 6.07 Å². The molecule has 1 rings (SSSR count). The summed E-state index contributed by atoms with van der Waals surface area (Å²) < 4.78 is 0. The van der Waals surface area contributed by atoms with E-state index in [1.54, 1.807) is 0 Å². The van der Waals surface area contributed by atoms with Crippen molar-refractivity contribution in [1.29, 1.82) is 0 Å². The molecule has 3 N–H and O–H groups in total. The minimum atomic E-state index is 0.707. The van der Waals surface area contributed by atoms with Crippen molar-refractivity contribution in [2.24, 2.45) is 5.84 Å². The maximum absolute atomic E-state index is 5.32. The van der Waals surface area contributed by atoms with E-state index in [4.69, 9.17) is 5.84 Å². The van der Waals surface area contributed by atoms with Gasteiger partial charge in [0.2, 0.25) is 0 Å². The first-order chi connectivity index (χ1) is 7.61. The lowest BCUT2D eigenvalue weighted by Gasteiger charge is -2.19. The topological polar surface area (TPSA) is 57.4 Å². The summed E-state index contributed by atoms with van der Waals surface area (Å²) in [6.45, 7) is 2.91. The van der Waals surface area contributed by atoms with Gasteiger partial charge in [-0.05, 0) is 33.3 Å². The Labute approximate surface area is 97.2 Å². The lowest BCUT2D eigenvalue weighted by Crippen LogP contribution is -2.28. The Morgan fingerprint density at radius 3 is 2.62 bits per heavy atom. The molecule has 0 aliphatic rings. The minimum Gasteiger partial charge on any atom is -0.308 e. The van der Waals surface area contributed by atoms with E-state index < -0.39 is 0 Å². The predicted molar refractivity (Wildman–Crippen MR) is 66.9 cm³/mol. The molecule has 0 atom stereocenters. The number of hydrazine groups is 1. The molecule has 0 fully saturated rings. The molecule has 5 nitrogen and oxygen atoms in total. The van der Waals surface area contributed by atoms with Gasteiger partial charge in [-0.15, -0.1) is 0 Å². The molecular formula is C11H21N5. The first-order valence-corrected chi connectivity index (χ1v) is 5.37. The summed E-state index contributed by atoms with van der Waals surface area (Å²) >= 11 is 0. The van der Waals surface area contributed by atoms with Crippen molar-refractivity contribution in [1.82, 2.24) is 14.8 Å². The van der Waals surface area contributed by atoms with Crippen LogP contribution in [0, 0.1) is 0 Å². The third-order valence-corrected chi connectivity index (χ3v) is 2.32. The average Bonchev–Trinajstić information content (AvgIpc) is 2.26. The molecule has 0 radical (unpaired) electrons. The van der Waals surface area contributed by atoms with Crippen LogP contribution in [0.4, 0.5) is 5.82 Å². The second-order valence-corrected chi connectivity index (χ2v) is 4.20. The molecule has 90 valence electrons. The molecule has 0 aliphatic carbocycles. The molecule has 0 spiro atoms. The van der Waals surface area contributed by atoms with E-state index in [-0.39, 0.29) is 0 Å². The highest BCUT2D eigenvalue weighted by atomic mass is 15.3. The predicted octanol–water partition coefficient (Wildman–Crippen LogP) is 0.361. The number of nitrogens with zero attached hydrogens (tertiary/aromatic N) is 3. The van der Waals surface area contributed by atoms with Crippen LogP contribution >= 0.6 is 0 Å². The average molecular weight is 223 g/mol. The summed E-state index contributed by atoms with van der Waals surface area (Å²) in [5, 5.41) is 0. The van der Waals surface area contributed by atoms with Gasteiger partial charge >= 0.3 is 0 Å². The third kappa shape index (κ3) is 4.57. The molecule has 1 aromatic rings. The molecule has 0 bridgehead atoms. The van der Waals surface area contributed by atoms with Crippen molar-refractivity contribution >= 4 is 5.82 Å². The molecule has 0 aliphatic heterocycles. The van der Waals surface area contributed by atoms with Gasteiger partial charge in [0.1, 0.15) is 5.82 Å². The normalized spacial score (nSPS) is 11.1. The number of hydrogen-bond acceptors (Lipinski definition) is 5. The Hall–Kier alpha value is -1.17. The zero-order chi connectivity index (χ0) is 12.0. The third-order valence-electron chi connectivity index (χ3n) is 2.32. The largest absolute Gasteiger partial charge is 0.308 e. The van der Waals surface area contributed by atoms with Gasteiger partial charge in [0.15, 0.2) is 0 Å². The van der Waals surface area contributed by atoms with Gasteiger partial charge in [-0.25, -0.2) is 10.8 Å². The van der Waals surface area contributed by atoms with Crippen molar-refractivity contribution in [2.45, 2.75) is 6.54 Å². The molecule has 0 amide bonds. The fourth-order valence-corrected chi connectivity index (χ4v) is 1.37. The van der Waals surface area contributed by atoms with Crippen LogP contribution in [0.5, 0.6) is 0 Å². The van der Waals surface area contributed by atoms with E-state index in [9.17, 15) is 0 Å². The Morgan fingerprint density at radius 1 is 1.25 bits per heavy atom. The first kappa shape index (κ1) is 12.9. The highest BCUT2D eigenvalue weighted by Crippen LogP contribution is 2.05. The quantitative estimate of drug-likeness (QED) is 0.539. The number of nitrogen functional groups attached to an aromatic ring is 1. The molecule has 5 heteroatoms. The summed E-state index contributed by atoms with van der Waals surface area (Å²) in [5.74, 6) is 6.02. The SMILES string of the molecule is CN(C)CCN(C)Cc1cccc(NN)n1. The van der Waals surface area contributed by atoms with E-state index in [1.165, 1.54) is 0 Å². The lowest BCUT2D eigenvalue weighted by molar-refractivity contribution is 0.274. The van der Waals surface area contributed by atoms with Gasteiger partial charge in [0, 0.05) is 19.6 Å². The maximum atomic E-state index is 5.32. The molecule has 16 heavy (non-hydrogen) atoms. The highest BCUT2D eigenvalue weighted by molar-refractivity contribution is 5.33. The van der Waals surface area contributed by atoms with Crippen molar-refractivity contribution in [3.63, 3.8) is 0 Å². The van der Waals surface area contributed by atoms with Gasteiger partial charge in [-0.2, -0.15) is 0 Å². The van der Waals surface area contributed by atoms with Crippen LogP contribution < -0.4 is 11.3 Å². The summed E-state index contributed by atoms with van der Waals surface area (Å²) in [6, 6.07) is 5.81. The fraction of sp³-hybridized carbons (Fsp3) is 0.545. The zero-order valence-corrected chi connectivity index (χ0v) is 10.3. The molecule has 0 aromatic carbocycles. The van der Waals surface area contributed by atoms with Crippen LogP contribution in [0.25, 0.3) is 0 Å². The van der Waals surface area contributed by atoms with Crippen LogP contribution in [0.15, 0.2) is 18.2 Å². The van der Waals surface area contributed by atoms with Gasteiger partial charge in [0.25, 0.3) is 0 Å². The van der Waals surface area contributed by atoms with Crippen LogP contribution in [-0.4, -0.2) is 49.0 Å². The molecule has 0 saturated heterocycles. The zero-order valence-electron chi connectivity index (χ0n) is 10.3. The van der Waals surface area contributed by atoms with Crippen LogP contribution in [-0.2, 0) is 6.54 Å². The van der Waals surface area contributed by atoms with Gasteiger partial charge in [-0.3, -0.25) is 4.90 Å². The Kier molecular flexibility index (Phi) is 5.18. The van der Waals surface area contributed by atoms with Crippen LogP contribution in [0.3, 0.4) is 0 Å². The van der Waals surface area contributed by atoms with Crippen molar-refractivity contribution in [2.75, 3.05) is 39.7 Å². The highest BCUT2D eigenvalue weighted by Gasteiger charge is 2.02. The Bertz CT molecular complexity index is 313. The molecule has 0 unspecified atom stereocenters. The molecule has 0 saturated carbocycles. The summed E-state index contributed by atoms with van der Waals surface area (Å²) in [5.41, 5.74) is 3.58. The molecule has 1 aromatic heterocycles. The maximum Gasteiger partial charge on any atom is 0.140 e. The van der Waals surface area contributed by atoms with E-state index in [1.807, 2.05) is 18.2 Å². The van der Waals surface area contributed by atoms with Crippen LogP contribution in [0.1, 0.15) is 5.69 Å². The number of pyridine rings is 1. The number of hydrogen-bond donors (Lipinski definition) is 2. The second kappa shape index (κ2) is 6.42. The second-order valence-electron chi connectivity index (χ2n) is 4.20. The Balaban J connectivity index is 2.45. The fourth-order valence-electron chi connectivity index (χ4n) is 1.37. The van der Waals surface area contributed by atoms with Crippen molar-refractivity contribution in [3.8, 4) is 0 Å².